The quantitative estimate of drug-likeness (QED) is 0.759. The van der Waals surface area contributed by atoms with Gasteiger partial charge in [-0.15, -0.1) is 0 Å². The minimum atomic E-state index is -2.38. The van der Waals surface area contributed by atoms with Crippen molar-refractivity contribution in [2.45, 2.75) is 19.8 Å². The Morgan fingerprint density at radius 3 is 2.23 bits per heavy atom. The second-order valence-corrected chi connectivity index (χ2v) is 6.13. The first-order valence-corrected chi connectivity index (χ1v) is 8.10. The topological polar surface area (TPSA) is 54.5 Å². The number of hydrogen-bond acceptors (Lipinski definition) is 3. The van der Waals surface area contributed by atoms with Gasteiger partial charge in [0.25, 0.3) is 0 Å². The highest BCUT2D eigenvalue weighted by Crippen LogP contribution is 2.35. The summed E-state index contributed by atoms with van der Waals surface area (Å²) in [6.07, 6.45) is 0.403. The van der Waals surface area contributed by atoms with Gasteiger partial charge in [0.05, 0.1) is 5.69 Å². The molecule has 22 heavy (non-hydrogen) atoms. The molecule has 0 saturated heterocycles. The van der Waals surface area contributed by atoms with Crippen molar-refractivity contribution >= 4 is 32.4 Å². The van der Waals surface area contributed by atoms with Gasteiger partial charge in [-0.25, -0.2) is 0 Å². The molecular weight excluding hydrogens is 298 g/mol. The Hall–Kier alpha value is -2.40. The van der Waals surface area contributed by atoms with Crippen LogP contribution in [0.5, 0.6) is 0 Å². The first kappa shape index (κ1) is 14.5. The highest BCUT2D eigenvalue weighted by Gasteiger charge is 2.27. The number of hydrogen-bond donors (Lipinski definition) is 0. The van der Waals surface area contributed by atoms with Gasteiger partial charge in [-0.1, -0.05) is 30.3 Å². The summed E-state index contributed by atoms with van der Waals surface area (Å²) < 4.78 is 23.5. The number of Topliss-reactive ketones (excluding diaryl/α,β-unsaturated/α-hetero) is 1. The molecule has 2 aromatic rings. The van der Waals surface area contributed by atoms with Gasteiger partial charge in [0.1, 0.15) is 4.99 Å². The number of anilines is 2. The van der Waals surface area contributed by atoms with E-state index in [0.717, 1.165) is 11.3 Å². The van der Waals surface area contributed by atoms with Crippen LogP contribution in [-0.4, -0.2) is 19.2 Å². The van der Waals surface area contributed by atoms with Crippen LogP contribution in [-0.2, 0) is 10.3 Å². The van der Waals surface area contributed by atoms with Gasteiger partial charge in [0.2, 0.25) is 10.3 Å². The van der Waals surface area contributed by atoms with Crippen LogP contribution in [0.3, 0.4) is 0 Å². The van der Waals surface area contributed by atoms with E-state index in [4.69, 9.17) is 0 Å². The molecule has 0 N–H and O–H groups in total. The molecule has 0 saturated carbocycles. The lowest BCUT2D eigenvalue weighted by atomic mass is 10.1. The fraction of sp³-hybridized carbons (Fsp3) is 0.176. The molecule has 0 aliphatic carbocycles. The summed E-state index contributed by atoms with van der Waals surface area (Å²) in [6.45, 7) is 1.93. The Kier molecular flexibility index (Phi) is 3.81. The Bertz CT molecular complexity index is 876. The number of para-hydroxylation sites is 2. The number of carbonyl (C=O) groups excluding carboxylic acids is 1. The van der Waals surface area contributed by atoms with Crippen molar-refractivity contribution in [3.8, 4) is 0 Å². The molecule has 0 spiro atoms. The summed E-state index contributed by atoms with van der Waals surface area (Å²) in [6, 6.07) is 14.7. The zero-order valence-electron chi connectivity index (χ0n) is 12.1. The molecule has 0 bridgehead atoms. The lowest BCUT2D eigenvalue weighted by Crippen LogP contribution is -2.26. The van der Waals surface area contributed by atoms with Gasteiger partial charge in [-0.3, -0.25) is 9.69 Å². The minimum Gasteiger partial charge on any atom is -0.300 e. The molecule has 0 atom stereocenters. The van der Waals surface area contributed by atoms with Crippen molar-refractivity contribution in [3.63, 3.8) is 0 Å². The minimum absolute atomic E-state index is 0.0327. The summed E-state index contributed by atoms with van der Waals surface area (Å²) in [4.78, 5) is 14.2. The van der Waals surface area contributed by atoms with E-state index in [1.54, 1.807) is 23.1 Å². The Balaban J connectivity index is 2.35. The number of ketones is 1. The van der Waals surface area contributed by atoms with Gasteiger partial charge < -0.3 is 0 Å². The average molecular weight is 313 g/mol. The average Bonchev–Trinajstić information content (AvgIpc) is 2.66. The molecule has 2 aromatic carbocycles. The van der Waals surface area contributed by atoms with Gasteiger partial charge in [-0.2, -0.15) is 8.42 Å². The maximum Gasteiger partial charge on any atom is 0.234 e. The Morgan fingerprint density at radius 2 is 1.55 bits per heavy atom. The van der Waals surface area contributed by atoms with E-state index in [2.05, 4.69) is 0 Å². The third-order valence-corrected chi connectivity index (χ3v) is 4.58. The van der Waals surface area contributed by atoms with Gasteiger partial charge in [0, 0.05) is 24.1 Å². The molecule has 0 radical (unpaired) electrons. The SMILES string of the molecule is Cc1ccccc1N1C(=S(=O)=O)CCC(=O)c2ccccc21. The van der Waals surface area contributed by atoms with E-state index in [1.165, 1.54) is 0 Å². The summed E-state index contributed by atoms with van der Waals surface area (Å²) in [7, 11) is -2.38. The molecule has 3 rings (SSSR count). The summed E-state index contributed by atoms with van der Waals surface area (Å²) in [5.41, 5.74) is 2.92. The van der Waals surface area contributed by atoms with E-state index < -0.39 is 10.3 Å². The molecule has 1 aliphatic heterocycles. The number of nitrogens with zero attached hydrogens (tertiary/aromatic N) is 1. The van der Waals surface area contributed by atoms with Crippen molar-refractivity contribution in [1.82, 2.24) is 0 Å². The smallest absolute Gasteiger partial charge is 0.234 e. The third-order valence-electron chi connectivity index (χ3n) is 3.81. The van der Waals surface area contributed by atoms with Gasteiger partial charge in [0.15, 0.2) is 5.78 Å². The van der Waals surface area contributed by atoms with Crippen LogP contribution in [0.4, 0.5) is 11.4 Å². The Morgan fingerprint density at radius 1 is 0.909 bits per heavy atom. The molecule has 5 heteroatoms. The van der Waals surface area contributed by atoms with E-state index in [9.17, 15) is 13.2 Å². The van der Waals surface area contributed by atoms with Crippen LogP contribution < -0.4 is 4.90 Å². The van der Waals surface area contributed by atoms with Crippen LogP contribution >= 0.6 is 0 Å². The van der Waals surface area contributed by atoms with Crippen LogP contribution in [0.15, 0.2) is 48.5 Å². The van der Waals surface area contributed by atoms with Crippen LogP contribution in [0, 0.1) is 6.92 Å². The predicted octanol–water partition coefficient (Wildman–Crippen LogP) is 3.12. The lowest BCUT2D eigenvalue weighted by Gasteiger charge is -2.26. The normalized spacial score (nSPS) is 14.5. The number of benzene rings is 2. The summed E-state index contributed by atoms with van der Waals surface area (Å²) in [5, 5.41) is 0. The van der Waals surface area contributed by atoms with Gasteiger partial charge in [-0.05, 0) is 30.7 Å². The molecule has 0 aromatic heterocycles. The van der Waals surface area contributed by atoms with Crippen molar-refractivity contribution in [1.29, 1.82) is 0 Å². The van der Waals surface area contributed by atoms with Crippen molar-refractivity contribution in [3.05, 3.63) is 59.7 Å². The standard InChI is InChI=1S/C17H15NO3S/c1-12-6-2-4-8-14(12)18-15-9-5-3-7-13(15)16(19)10-11-17(18)22(20)21/h2-9H,10-11H2,1H3. The van der Waals surface area contributed by atoms with E-state index in [-0.39, 0.29) is 23.6 Å². The van der Waals surface area contributed by atoms with Crippen LogP contribution in [0.25, 0.3) is 0 Å². The molecule has 0 amide bonds. The predicted molar refractivity (Wildman–Crippen MR) is 87.3 cm³/mol. The fourth-order valence-corrected chi connectivity index (χ4v) is 3.36. The fourth-order valence-electron chi connectivity index (χ4n) is 2.74. The van der Waals surface area contributed by atoms with Gasteiger partial charge >= 0.3 is 0 Å². The summed E-state index contributed by atoms with van der Waals surface area (Å²) in [5.74, 6) is -0.0327. The highest BCUT2D eigenvalue weighted by molar-refractivity contribution is 7.73. The first-order chi connectivity index (χ1) is 10.6. The van der Waals surface area contributed by atoms with E-state index in [1.807, 2.05) is 37.3 Å². The molecule has 1 aliphatic rings. The Labute approximate surface area is 130 Å². The highest BCUT2D eigenvalue weighted by atomic mass is 32.2. The third kappa shape index (κ3) is 2.44. The second-order valence-electron chi connectivity index (χ2n) is 5.19. The van der Waals surface area contributed by atoms with Crippen molar-refractivity contribution in [2.24, 2.45) is 0 Å². The molecule has 0 unspecified atom stereocenters. The zero-order chi connectivity index (χ0) is 15.7. The van der Waals surface area contributed by atoms with E-state index >= 15 is 0 Å². The summed E-state index contributed by atoms with van der Waals surface area (Å²) >= 11 is 0. The molecule has 112 valence electrons. The maximum atomic E-state index is 12.3. The monoisotopic (exact) mass is 313 g/mol. The van der Waals surface area contributed by atoms with Crippen LogP contribution in [0.2, 0.25) is 0 Å². The second kappa shape index (κ2) is 5.77. The number of carbonyl (C=O) groups is 1. The van der Waals surface area contributed by atoms with Crippen molar-refractivity contribution < 1.29 is 13.2 Å². The maximum absolute atomic E-state index is 12.3. The lowest BCUT2D eigenvalue weighted by molar-refractivity contribution is 0.0986. The van der Waals surface area contributed by atoms with Crippen molar-refractivity contribution in [2.75, 3.05) is 4.90 Å². The first-order valence-electron chi connectivity index (χ1n) is 7.02. The number of rotatable bonds is 1. The molecular formula is C17H15NO3S. The molecule has 0 fully saturated rings. The van der Waals surface area contributed by atoms with E-state index in [0.29, 0.717) is 11.3 Å². The number of fused-ring (bicyclic) bond motifs is 1. The molecule has 1 heterocycles. The molecule has 4 nitrogen and oxygen atoms in total. The van der Waals surface area contributed by atoms with Crippen LogP contribution in [0.1, 0.15) is 28.8 Å². The zero-order valence-corrected chi connectivity index (χ0v) is 12.9. The largest absolute Gasteiger partial charge is 0.300 e. The number of aryl methyl sites for hydroxylation is 1.